The van der Waals surface area contributed by atoms with Crippen molar-refractivity contribution in [2.75, 3.05) is 0 Å². The zero-order chi connectivity index (χ0) is 22.5. The summed E-state index contributed by atoms with van der Waals surface area (Å²) in [5.41, 5.74) is 6.55. The summed E-state index contributed by atoms with van der Waals surface area (Å²) in [4.78, 5) is 15.5. The molecule has 0 saturated heterocycles. The maximum atomic E-state index is 11.0. The van der Waals surface area contributed by atoms with Gasteiger partial charge in [-0.15, -0.1) is 0 Å². The molecule has 0 aliphatic carbocycles. The van der Waals surface area contributed by atoms with E-state index >= 15 is 0 Å². The van der Waals surface area contributed by atoms with Crippen LogP contribution in [0, 0.1) is 10.1 Å². The number of non-ortho nitro benzene ring substituents is 1. The Balaban J connectivity index is 1.59. The van der Waals surface area contributed by atoms with Gasteiger partial charge in [0.05, 0.1) is 28.2 Å². The van der Waals surface area contributed by atoms with E-state index in [1.165, 1.54) is 23.3 Å². The average molecular weight is 425 g/mol. The highest BCUT2D eigenvalue weighted by Crippen LogP contribution is 2.28. The molecule has 0 aliphatic heterocycles. The lowest BCUT2D eigenvalue weighted by molar-refractivity contribution is -0.384. The number of nitrogens with zero attached hydrogens (tertiary/aromatic N) is 4. The van der Waals surface area contributed by atoms with E-state index in [-0.39, 0.29) is 16.0 Å². The summed E-state index contributed by atoms with van der Waals surface area (Å²) in [7, 11) is 0. The Hall–Kier alpha value is -3.93. The van der Waals surface area contributed by atoms with Gasteiger partial charge in [0.25, 0.3) is 5.69 Å². The van der Waals surface area contributed by atoms with Crippen LogP contribution < -0.4 is 0 Å². The first-order valence-corrected chi connectivity index (χ1v) is 10.6. The summed E-state index contributed by atoms with van der Waals surface area (Å²) in [6, 6.07) is 23.6. The molecular weight excluding hydrogens is 400 g/mol. The van der Waals surface area contributed by atoms with Crippen molar-refractivity contribution in [3.63, 3.8) is 0 Å². The van der Waals surface area contributed by atoms with Crippen molar-refractivity contribution in [1.82, 2.24) is 14.0 Å². The zero-order valence-electron chi connectivity index (χ0n) is 18.3. The van der Waals surface area contributed by atoms with E-state index in [1.807, 2.05) is 18.3 Å². The van der Waals surface area contributed by atoms with E-state index in [2.05, 4.69) is 66.1 Å². The number of imidazole rings is 2. The Bertz CT molecular complexity index is 1440. The predicted octanol–water partition coefficient (Wildman–Crippen LogP) is 6.21. The Kier molecular flexibility index (Phi) is 4.59. The quantitative estimate of drug-likeness (QED) is 0.254. The van der Waals surface area contributed by atoms with E-state index in [9.17, 15) is 10.1 Å². The third-order valence-electron chi connectivity index (χ3n) is 5.90. The van der Waals surface area contributed by atoms with Gasteiger partial charge in [0, 0.05) is 23.9 Å². The molecule has 0 saturated carbocycles. The van der Waals surface area contributed by atoms with Crippen LogP contribution in [0.2, 0.25) is 0 Å². The number of rotatable bonds is 4. The summed E-state index contributed by atoms with van der Waals surface area (Å²) >= 11 is 0. The molecule has 0 amide bonds. The number of aromatic nitrogens is 3. The third kappa shape index (κ3) is 3.43. The lowest BCUT2D eigenvalue weighted by atomic mass is 9.87. The van der Waals surface area contributed by atoms with Gasteiger partial charge in [-0.2, -0.15) is 0 Å². The molecular formula is C26H24N4O2. The van der Waals surface area contributed by atoms with Gasteiger partial charge in [-0.05, 0) is 40.8 Å². The molecule has 6 nitrogen and oxygen atoms in total. The first-order chi connectivity index (χ1) is 15.3. The van der Waals surface area contributed by atoms with Crippen molar-refractivity contribution < 1.29 is 4.92 Å². The monoisotopic (exact) mass is 424 g/mol. The van der Waals surface area contributed by atoms with E-state index in [0.29, 0.717) is 6.54 Å². The van der Waals surface area contributed by atoms with Gasteiger partial charge >= 0.3 is 0 Å². The number of nitro benzene ring substituents is 1. The third-order valence-corrected chi connectivity index (χ3v) is 5.90. The average Bonchev–Trinajstić information content (AvgIpc) is 3.33. The predicted molar refractivity (Wildman–Crippen MR) is 127 cm³/mol. The van der Waals surface area contributed by atoms with Crippen LogP contribution in [0.3, 0.4) is 0 Å². The highest BCUT2D eigenvalue weighted by atomic mass is 16.6. The van der Waals surface area contributed by atoms with Gasteiger partial charge in [0.15, 0.2) is 0 Å². The lowest BCUT2D eigenvalue weighted by Gasteiger charge is -2.19. The molecule has 5 aromatic rings. The molecule has 0 atom stereocenters. The Labute approximate surface area is 185 Å². The van der Waals surface area contributed by atoms with Crippen molar-refractivity contribution in [2.24, 2.45) is 0 Å². The standard InChI is InChI=1S/C26H24N4O2/c1-26(2,3)20-12-8-18(9-13-20)16-28-23-6-4-5-7-24(23)29-17-22(27-25(28)29)19-10-14-21(15-11-19)30(31)32/h4-15,17H,16H2,1-3H3. The molecule has 0 aliphatic rings. The van der Waals surface area contributed by atoms with E-state index in [4.69, 9.17) is 4.98 Å². The molecule has 0 fully saturated rings. The van der Waals surface area contributed by atoms with Gasteiger partial charge in [-0.25, -0.2) is 4.98 Å². The molecule has 0 N–H and O–H groups in total. The molecule has 2 aromatic heterocycles. The molecule has 0 unspecified atom stereocenters. The number of fused-ring (bicyclic) bond motifs is 3. The normalized spacial score (nSPS) is 12.0. The molecule has 5 rings (SSSR count). The second kappa shape index (κ2) is 7.34. The summed E-state index contributed by atoms with van der Waals surface area (Å²) in [6.45, 7) is 7.36. The van der Waals surface area contributed by atoms with Crippen molar-refractivity contribution >= 4 is 22.5 Å². The minimum Gasteiger partial charge on any atom is -0.305 e. The summed E-state index contributed by atoms with van der Waals surface area (Å²) in [5.74, 6) is 0.847. The smallest absolute Gasteiger partial charge is 0.269 e. The largest absolute Gasteiger partial charge is 0.305 e. The molecule has 0 bridgehead atoms. The highest BCUT2D eigenvalue weighted by Gasteiger charge is 2.17. The van der Waals surface area contributed by atoms with Crippen LogP contribution in [0.25, 0.3) is 28.1 Å². The fraction of sp³-hybridized carbons (Fsp3) is 0.192. The summed E-state index contributed by atoms with van der Waals surface area (Å²) < 4.78 is 4.31. The molecule has 160 valence electrons. The number of hydrogen-bond acceptors (Lipinski definition) is 3. The molecule has 2 heterocycles. The van der Waals surface area contributed by atoms with Crippen LogP contribution >= 0.6 is 0 Å². The van der Waals surface area contributed by atoms with Crippen LogP contribution in [-0.4, -0.2) is 18.9 Å². The van der Waals surface area contributed by atoms with Crippen LogP contribution in [0.4, 0.5) is 5.69 Å². The number of nitro groups is 1. The fourth-order valence-electron chi connectivity index (χ4n) is 4.08. The maximum absolute atomic E-state index is 11.0. The van der Waals surface area contributed by atoms with Gasteiger partial charge in [0.1, 0.15) is 0 Å². The van der Waals surface area contributed by atoms with Gasteiger partial charge in [-0.1, -0.05) is 57.2 Å². The minimum absolute atomic E-state index is 0.0752. The summed E-state index contributed by atoms with van der Waals surface area (Å²) in [6.07, 6.45) is 2.00. The Morgan fingerprint density at radius 2 is 1.56 bits per heavy atom. The minimum atomic E-state index is -0.389. The molecule has 0 spiro atoms. The van der Waals surface area contributed by atoms with E-state index in [1.54, 1.807) is 12.1 Å². The fourth-order valence-corrected chi connectivity index (χ4v) is 4.08. The topological polar surface area (TPSA) is 65.4 Å². The van der Waals surface area contributed by atoms with Crippen LogP contribution in [0.1, 0.15) is 31.9 Å². The SMILES string of the molecule is CC(C)(C)c1ccc(Cn2c3ccccc3n3cc(-c4ccc([N+](=O)[O-])cc4)nc23)cc1. The molecule has 3 aromatic carbocycles. The van der Waals surface area contributed by atoms with E-state index in [0.717, 1.165) is 28.1 Å². The van der Waals surface area contributed by atoms with Gasteiger partial charge < -0.3 is 4.57 Å². The second-order valence-corrected chi connectivity index (χ2v) is 9.12. The molecule has 32 heavy (non-hydrogen) atoms. The second-order valence-electron chi connectivity index (χ2n) is 9.12. The zero-order valence-corrected chi connectivity index (χ0v) is 18.3. The highest BCUT2D eigenvalue weighted by molar-refractivity contribution is 5.82. The number of hydrogen-bond donors (Lipinski definition) is 0. The van der Waals surface area contributed by atoms with Crippen molar-refractivity contribution in [2.45, 2.75) is 32.7 Å². The van der Waals surface area contributed by atoms with Crippen molar-refractivity contribution in [3.05, 3.63) is 100 Å². The maximum Gasteiger partial charge on any atom is 0.269 e. The van der Waals surface area contributed by atoms with Gasteiger partial charge in [-0.3, -0.25) is 14.5 Å². The van der Waals surface area contributed by atoms with Crippen LogP contribution in [-0.2, 0) is 12.0 Å². The first kappa shape index (κ1) is 20.0. The van der Waals surface area contributed by atoms with E-state index < -0.39 is 0 Å². The Morgan fingerprint density at radius 1 is 0.906 bits per heavy atom. The summed E-state index contributed by atoms with van der Waals surface area (Å²) in [5, 5.41) is 11.0. The molecule has 0 radical (unpaired) electrons. The molecule has 6 heteroatoms. The van der Waals surface area contributed by atoms with Crippen LogP contribution in [0.5, 0.6) is 0 Å². The van der Waals surface area contributed by atoms with Gasteiger partial charge in [0.2, 0.25) is 5.78 Å². The number of para-hydroxylation sites is 2. The lowest BCUT2D eigenvalue weighted by Crippen LogP contribution is -2.11. The van der Waals surface area contributed by atoms with Crippen molar-refractivity contribution in [3.8, 4) is 11.3 Å². The number of benzene rings is 3. The van der Waals surface area contributed by atoms with Crippen LogP contribution in [0.15, 0.2) is 79.0 Å². The Morgan fingerprint density at radius 3 is 2.19 bits per heavy atom. The first-order valence-electron chi connectivity index (χ1n) is 10.6. The van der Waals surface area contributed by atoms with Crippen molar-refractivity contribution in [1.29, 1.82) is 0 Å².